The van der Waals surface area contributed by atoms with E-state index < -0.39 is 38.9 Å². The highest BCUT2D eigenvalue weighted by molar-refractivity contribution is 7.22. The van der Waals surface area contributed by atoms with Crippen molar-refractivity contribution in [1.82, 2.24) is 9.88 Å². The normalized spacial score (nSPS) is 14.8. The topological polar surface area (TPSA) is 96.7 Å². The standard InChI is InChI=1S/C19H15F3N4O4S2/c1-10-12(19(20,21)22)9-11-15(14(10)26(29)30)32-18(23-16(11)27)25-6-4-24(5-7-25)17(28)13-3-2-8-31-13/h2-3,8-9H,4-7H2,1H3. The van der Waals surface area contributed by atoms with Crippen molar-refractivity contribution in [1.29, 1.82) is 0 Å². The molecule has 4 rings (SSSR count). The third-order valence-electron chi connectivity index (χ3n) is 5.19. The number of nitrogens with zero attached hydrogens (tertiary/aromatic N) is 4. The molecule has 1 aromatic carbocycles. The molecule has 168 valence electrons. The molecule has 1 aliphatic heterocycles. The summed E-state index contributed by atoms with van der Waals surface area (Å²) >= 11 is 2.14. The second-order valence-electron chi connectivity index (χ2n) is 7.09. The zero-order valence-electron chi connectivity index (χ0n) is 16.5. The number of halogens is 3. The van der Waals surface area contributed by atoms with Gasteiger partial charge >= 0.3 is 6.18 Å². The summed E-state index contributed by atoms with van der Waals surface area (Å²) in [4.78, 5) is 43.6. The van der Waals surface area contributed by atoms with E-state index in [1.807, 2.05) is 0 Å². The van der Waals surface area contributed by atoms with Gasteiger partial charge in [-0.15, -0.1) is 11.3 Å². The number of aromatic nitrogens is 1. The summed E-state index contributed by atoms with van der Waals surface area (Å²) in [6, 6.07) is 4.14. The van der Waals surface area contributed by atoms with Crippen LogP contribution in [-0.2, 0) is 6.18 Å². The lowest BCUT2D eigenvalue weighted by Crippen LogP contribution is -2.49. The second-order valence-corrected chi connectivity index (χ2v) is 9.01. The van der Waals surface area contributed by atoms with Crippen molar-refractivity contribution in [3.05, 3.63) is 60.1 Å². The fraction of sp³-hybridized carbons (Fsp3) is 0.316. The van der Waals surface area contributed by atoms with Gasteiger partial charge in [0.05, 0.1) is 20.8 Å². The van der Waals surface area contributed by atoms with Gasteiger partial charge in [-0.3, -0.25) is 19.7 Å². The SMILES string of the molecule is Cc1c(C(F)(F)F)cc2c(=O)nc(N3CCN(C(=O)c4cccs4)CC3)sc2c1[N+](=O)[O-]. The average molecular weight is 484 g/mol. The summed E-state index contributed by atoms with van der Waals surface area (Å²) in [6.45, 7) is 2.39. The van der Waals surface area contributed by atoms with E-state index in [0.717, 1.165) is 18.3 Å². The molecular weight excluding hydrogens is 469 g/mol. The largest absolute Gasteiger partial charge is 0.416 e. The fourth-order valence-electron chi connectivity index (χ4n) is 3.57. The molecule has 1 fully saturated rings. The molecule has 0 N–H and O–H groups in total. The Morgan fingerprint density at radius 3 is 2.50 bits per heavy atom. The number of carbonyl (C=O) groups excluding carboxylic acids is 1. The quantitative estimate of drug-likeness (QED) is 0.413. The Bertz CT molecular complexity index is 1270. The minimum absolute atomic E-state index is 0.106. The van der Waals surface area contributed by atoms with Crippen LogP contribution in [0.2, 0.25) is 0 Å². The summed E-state index contributed by atoms with van der Waals surface area (Å²) in [7, 11) is 0. The Hall–Kier alpha value is -3.06. The number of nitro groups is 1. The minimum Gasteiger partial charge on any atom is -0.344 e. The van der Waals surface area contributed by atoms with Crippen LogP contribution in [0.5, 0.6) is 0 Å². The molecule has 0 radical (unpaired) electrons. The van der Waals surface area contributed by atoms with Gasteiger partial charge in [-0.25, -0.2) is 0 Å². The predicted octanol–water partition coefficient (Wildman–Crippen LogP) is 3.92. The molecule has 2 aromatic heterocycles. The van der Waals surface area contributed by atoms with E-state index in [1.165, 1.54) is 11.3 Å². The Labute approximate surface area is 186 Å². The van der Waals surface area contributed by atoms with Crippen molar-refractivity contribution in [2.75, 3.05) is 31.1 Å². The van der Waals surface area contributed by atoms with E-state index in [1.54, 1.807) is 27.3 Å². The van der Waals surface area contributed by atoms with Crippen LogP contribution in [0.3, 0.4) is 0 Å². The molecule has 0 bridgehead atoms. The van der Waals surface area contributed by atoms with Crippen LogP contribution in [0.4, 0.5) is 24.0 Å². The van der Waals surface area contributed by atoms with Crippen molar-refractivity contribution < 1.29 is 22.9 Å². The smallest absolute Gasteiger partial charge is 0.344 e. The van der Waals surface area contributed by atoms with Crippen LogP contribution in [0.15, 0.2) is 28.4 Å². The van der Waals surface area contributed by atoms with E-state index in [0.29, 0.717) is 37.1 Å². The van der Waals surface area contributed by atoms with Crippen molar-refractivity contribution in [2.45, 2.75) is 13.1 Å². The lowest BCUT2D eigenvalue weighted by atomic mass is 10.0. The molecule has 3 heterocycles. The molecule has 0 spiro atoms. The van der Waals surface area contributed by atoms with Gasteiger partial charge in [0.15, 0.2) is 5.13 Å². The highest BCUT2D eigenvalue weighted by Crippen LogP contribution is 2.41. The predicted molar refractivity (Wildman–Crippen MR) is 115 cm³/mol. The monoisotopic (exact) mass is 484 g/mol. The van der Waals surface area contributed by atoms with Gasteiger partial charge in [-0.2, -0.15) is 18.2 Å². The highest BCUT2D eigenvalue weighted by Gasteiger charge is 2.37. The molecule has 1 amide bonds. The summed E-state index contributed by atoms with van der Waals surface area (Å²) < 4.78 is 39.9. The number of nitro benzene ring substituents is 1. The number of anilines is 1. The van der Waals surface area contributed by atoms with Gasteiger partial charge in [0, 0.05) is 31.7 Å². The molecule has 1 aliphatic rings. The number of thiophene rings is 1. The van der Waals surface area contributed by atoms with Crippen LogP contribution in [0.25, 0.3) is 10.1 Å². The Balaban J connectivity index is 1.69. The molecule has 3 aromatic rings. The van der Waals surface area contributed by atoms with Crippen molar-refractivity contribution in [3.8, 4) is 0 Å². The van der Waals surface area contributed by atoms with Crippen LogP contribution in [0, 0.1) is 17.0 Å². The van der Waals surface area contributed by atoms with Gasteiger partial charge in [0.1, 0.15) is 4.70 Å². The first-order valence-electron chi connectivity index (χ1n) is 9.35. The number of carbonyl (C=O) groups is 1. The first-order valence-corrected chi connectivity index (χ1v) is 11.1. The first kappa shape index (κ1) is 22.1. The number of hydrogen-bond donors (Lipinski definition) is 0. The maximum absolute atomic E-state index is 13.3. The summed E-state index contributed by atoms with van der Waals surface area (Å²) in [5, 5.41) is 13.2. The van der Waals surface area contributed by atoms with Gasteiger partial charge in [-0.1, -0.05) is 17.4 Å². The van der Waals surface area contributed by atoms with E-state index in [-0.39, 0.29) is 15.7 Å². The molecule has 0 aliphatic carbocycles. The van der Waals surface area contributed by atoms with E-state index >= 15 is 0 Å². The van der Waals surface area contributed by atoms with Gasteiger partial charge < -0.3 is 9.80 Å². The maximum Gasteiger partial charge on any atom is 0.416 e. The molecule has 8 nitrogen and oxygen atoms in total. The van der Waals surface area contributed by atoms with E-state index in [9.17, 15) is 32.9 Å². The molecule has 32 heavy (non-hydrogen) atoms. The van der Waals surface area contributed by atoms with Crippen molar-refractivity contribution in [3.63, 3.8) is 0 Å². The highest BCUT2D eigenvalue weighted by atomic mass is 32.1. The van der Waals surface area contributed by atoms with Crippen molar-refractivity contribution in [2.24, 2.45) is 0 Å². The molecule has 0 unspecified atom stereocenters. The number of hydrogen-bond acceptors (Lipinski definition) is 8. The molecular formula is C19H15F3N4O4S2. The molecule has 0 atom stereocenters. The van der Waals surface area contributed by atoms with Crippen LogP contribution in [-0.4, -0.2) is 46.9 Å². The zero-order chi connectivity index (χ0) is 23.2. The van der Waals surface area contributed by atoms with Gasteiger partial charge in [-0.05, 0) is 24.4 Å². The van der Waals surface area contributed by atoms with Crippen LogP contribution < -0.4 is 10.5 Å². The molecule has 13 heteroatoms. The zero-order valence-corrected chi connectivity index (χ0v) is 18.1. The third kappa shape index (κ3) is 3.93. The fourth-order valence-corrected chi connectivity index (χ4v) is 5.47. The number of alkyl halides is 3. The maximum atomic E-state index is 13.3. The number of rotatable bonds is 3. The lowest BCUT2D eigenvalue weighted by Gasteiger charge is -2.34. The molecule has 1 saturated heterocycles. The Morgan fingerprint density at radius 2 is 1.94 bits per heavy atom. The van der Waals surface area contributed by atoms with Crippen molar-refractivity contribution >= 4 is 49.5 Å². The lowest BCUT2D eigenvalue weighted by molar-refractivity contribution is -0.383. The van der Waals surface area contributed by atoms with Gasteiger partial charge in [0.2, 0.25) is 0 Å². The first-order chi connectivity index (χ1) is 15.1. The summed E-state index contributed by atoms with van der Waals surface area (Å²) in [5.41, 5.74) is -3.48. The number of piperazine rings is 1. The van der Waals surface area contributed by atoms with Gasteiger partial charge in [0.25, 0.3) is 17.2 Å². The van der Waals surface area contributed by atoms with E-state index in [4.69, 9.17) is 0 Å². The number of fused-ring (bicyclic) bond motifs is 1. The number of amides is 1. The minimum atomic E-state index is -4.84. The number of benzene rings is 1. The summed E-state index contributed by atoms with van der Waals surface area (Å²) in [6.07, 6.45) is -4.84. The second kappa shape index (κ2) is 8.13. The van der Waals surface area contributed by atoms with Crippen LogP contribution >= 0.6 is 22.7 Å². The van der Waals surface area contributed by atoms with E-state index in [2.05, 4.69) is 4.98 Å². The Morgan fingerprint density at radius 1 is 1.25 bits per heavy atom. The summed E-state index contributed by atoms with van der Waals surface area (Å²) in [5.74, 6) is -0.106. The third-order valence-corrected chi connectivity index (χ3v) is 7.19. The Kier molecular flexibility index (Phi) is 5.63. The molecule has 0 saturated carbocycles. The van der Waals surface area contributed by atoms with Crippen LogP contribution in [0.1, 0.15) is 20.8 Å². The average Bonchev–Trinajstić information content (AvgIpc) is 3.26.